The van der Waals surface area contributed by atoms with Crippen LogP contribution in [0.25, 0.3) is 11.1 Å². The van der Waals surface area contributed by atoms with Crippen LogP contribution in [-0.4, -0.2) is 24.3 Å². The fourth-order valence-corrected chi connectivity index (χ4v) is 4.95. The Hall–Kier alpha value is -1.18. The highest BCUT2D eigenvalue weighted by Crippen LogP contribution is 2.48. The van der Waals surface area contributed by atoms with Crippen LogP contribution in [0, 0.1) is 6.92 Å². The van der Waals surface area contributed by atoms with Crippen LogP contribution in [0.2, 0.25) is 5.15 Å². The van der Waals surface area contributed by atoms with Gasteiger partial charge < -0.3 is 5.32 Å². The quantitative estimate of drug-likeness (QED) is 0.311. The maximum absolute atomic E-state index is 6.33. The predicted molar refractivity (Wildman–Crippen MR) is 111 cm³/mol. The summed E-state index contributed by atoms with van der Waals surface area (Å²) in [4.78, 5) is 4.57. The maximum atomic E-state index is 6.33. The lowest BCUT2D eigenvalue weighted by Crippen LogP contribution is -2.02. The van der Waals surface area contributed by atoms with E-state index >= 15 is 0 Å². The van der Waals surface area contributed by atoms with E-state index < -0.39 is 0 Å². The molecule has 0 bridgehead atoms. The highest BCUT2D eigenvalue weighted by Gasteiger charge is 2.31. The van der Waals surface area contributed by atoms with Gasteiger partial charge in [0.15, 0.2) is 5.82 Å². The molecule has 4 rings (SSSR count). The number of nitrogens with zero attached hydrogens (tertiary/aromatic N) is 5. The Labute approximate surface area is 165 Å². The lowest BCUT2D eigenvalue weighted by Gasteiger charge is -2.14. The van der Waals surface area contributed by atoms with Crippen molar-refractivity contribution in [1.29, 1.82) is 0 Å². The van der Waals surface area contributed by atoms with Crippen molar-refractivity contribution in [2.24, 2.45) is 7.05 Å². The first kappa shape index (κ1) is 17.2. The lowest BCUT2D eigenvalue weighted by molar-refractivity contribution is 0.768. The fourth-order valence-electron chi connectivity index (χ4n) is 2.95. The summed E-state index contributed by atoms with van der Waals surface area (Å²) in [6.07, 6.45) is 6.80. The Kier molecular flexibility index (Phi) is 4.73. The van der Waals surface area contributed by atoms with Gasteiger partial charge in [-0.2, -0.15) is 10.2 Å². The van der Waals surface area contributed by atoms with Crippen LogP contribution in [-0.2, 0) is 7.05 Å². The normalized spacial score (nSPS) is 14.6. The molecule has 3 aromatic heterocycles. The molecule has 0 amide bonds. The van der Waals surface area contributed by atoms with Crippen molar-refractivity contribution in [3.63, 3.8) is 0 Å². The molecule has 3 heterocycles. The number of aryl methyl sites for hydroxylation is 2. The van der Waals surface area contributed by atoms with E-state index in [9.17, 15) is 0 Å². The average molecular weight is 487 g/mol. The number of aromatic nitrogens is 5. The minimum Gasteiger partial charge on any atom is -0.323 e. The zero-order chi connectivity index (χ0) is 17.6. The third kappa shape index (κ3) is 3.55. The highest BCUT2D eigenvalue weighted by atomic mass is 127. The second-order valence-electron chi connectivity index (χ2n) is 6.22. The van der Waals surface area contributed by atoms with Gasteiger partial charge in [-0.15, -0.1) is 0 Å². The predicted octanol–water partition coefficient (Wildman–Crippen LogP) is 5.05. The minimum absolute atomic E-state index is 0.470. The molecule has 1 aliphatic carbocycles. The Morgan fingerprint density at radius 1 is 1.36 bits per heavy atom. The van der Waals surface area contributed by atoms with Crippen LogP contribution in [0.3, 0.4) is 0 Å². The van der Waals surface area contributed by atoms with Crippen molar-refractivity contribution < 1.29 is 0 Å². The summed E-state index contributed by atoms with van der Waals surface area (Å²) < 4.78 is 3.78. The molecule has 0 radical (unpaired) electrons. The van der Waals surface area contributed by atoms with Crippen molar-refractivity contribution >= 4 is 51.7 Å². The van der Waals surface area contributed by atoms with Gasteiger partial charge in [-0.3, -0.25) is 4.68 Å². The van der Waals surface area contributed by atoms with Crippen LogP contribution in [0.5, 0.6) is 0 Å². The third-order valence-corrected chi connectivity index (χ3v) is 6.42. The molecule has 0 spiro atoms. The molecule has 1 aliphatic rings. The first-order chi connectivity index (χ1) is 12.0. The van der Waals surface area contributed by atoms with Crippen LogP contribution in [0.1, 0.15) is 30.0 Å². The van der Waals surface area contributed by atoms with Crippen molar-refractivity contribution in [2.75, 3.05) is 5.32 Å². The third-order valence-electron chi connectivity index (χ3n) is 4.24. The molecule has 0 saturated heterocycles. The van der Waals surface area contributed by atoms with Gasteiger partial charge in [0.25, 0.3) is 0 Å². The molecule has 0 aliphatic heterocycles. The van der Waals surface area contributed by atoms with Gasteiger partial charge in [-0.05, 0) is 59.4 Å². The van der Waals surface area contributed by atoms with E-state index in [1.165, 1.54) is 18.4 Å². The van der Waals surface area contributed by atoms with E-state index in [0.29, 0.717) is 17.4 Å². The van der Waals surface area contributed by atoms with Gasteiger partial charge in [-0.25, -0.2) is 9.44 Å². The van der Waals surface area contributed by atoms with Gasteiger partial charge >= 0.3 is 0 Å². The van der Waals surface area contributed by atoms with E-state index in [4.69, 9.17) is 11.6 Å². The number of nitrogens with one attached hydrogen (secondary N) is 1. The summed E-state index contributed by atoms with van der Waals surface area (Å²) in [6.45, 7) is 2.05. The molecule has 1 unspecified atom stereocenters. The molecule has 1 N–H and O–H groups in total. The number of rotatable bonds is 5. The van der Waals surface area contributed by atoms with E-state index in [0.717, 1.165) is 28.5 Å². The second kappa shape index (κ2) is 6.85. The molecule has 130 valence electrons. The maximum Gasteiger partial charge on any atom is 0.154 e. The number of pyridine rings is 1. The molecule has 6 nitrogen and oxygen atoms in total. The van der Waals surface area contributed by atoms with Crippen LogP contribution < -0.4 is 5.32 Å². The molecule has 1 saturated carbocycles. The minimum atomic E-state index is 0.470. The van der Waals surface area contributed by atoms with Crippen LogP contribution in [0.4, 0.5) is 11.6 Å². The van der Waals surface area contributed by atoms with Crippen LogP contribution >= 0.6 is 40.0 Å². The van der Waals surface area contributed by atoms with E-state index in [1.54, 1.807) is 4.68 Å². The largest absolute Gasteiger partial charge is 0.323 e. The zero-order valence-electron chi connectivity index (χ0n) is 13.8. The molecule has 25 heavy (non-hydrogen) atoms. The second-order valence-corrected chi connectivity index (χ2v) is 8.65. The lowest BCUT2D eigenvalue weighted by atomic mass is 10.00. The summed E-state index contributed by atoms with van der Waals surface area (Å²) in [5.74, 6) is 2.11. The number of halogens is 2. The van der Waals surface area contributed by atoms with E-state index in [2.05, 4.69) is 49.5 Å². The summed E-state index contributed by atoms with van der Waals surface area (Å²) in [6, 6.07) is 3.97. The molecule has 0 aromatic carbocycles. The average Bonchev–Trinajstić information content (AvgIpc) is 3.21. The first-order valence-corrected chi connectivity index (χ1v) is 12.4. The smallest absolute Gasteiger partial charge is 0.154 e. The van der Waals surface area contributed by atoms with Crippen LogP contribution in [0.15, 0.2) is 24.5 Å². The van der Waals surface area contributed by atoms with E-state index in [-0.39, 0.29) is 0 Å². The molecule has 3 aromatic rings. The zero-order valence-corrected chi connectivity index (χ0v) is 17.7. The summed E-state index contributed by atoms with van der Waals surface area (Å²) in [7, 11) is 1.92. The van der Waals surface area contributed by atoms with E-state index in [1.807, 2.05) is 36.0 Å². The first-order valence-electron chi connectivity index (χ1n) is 7.95. The molecule has 1 fully saturated rings. The summed E-state index contributed by atoms with van der Waals surface area (Å²) in [5, 5.41) is 12.8. The fraction of sp³-hybridized carbons (Fsp3) is 0.312. The van der Waals surface area contributed by atoms with Gasteiger partial charge in [0.2, 0.25) is 0 Å². The Morgan fingerprint density at radius 3 is 2.76 bits per heavy atom. The van der Waals surface area contributed by atoms with Crippen molar-refractivity contribution in [2.45, 2.75) is 25.7 Å². The monoisotopic (exact) mass is 486 g/mol. The molecular formula is C16H17ClIN6P. The molecule has 1 atom stereocenters. The Morgan fingerprint density at radius 2 is 2.16 bits per heavy atom. The number of anilines is 2. The highest BCUT2D eigenvalue weighted by molar-refractivity contribution is 14.2. The SMILES string of the molecule is Cc1cc(Nc2nc(Cl)cc(-c3cnn(C)c3)c2C2CC2)nn1PI. The molecule has 9 heteroatoms. The van der Waals surface area contributed by atoms with Crippen molar-refractivity contribution in [1.82, 2.24) is 24.3 Å². The Balaban J connectivity index is 1.80. The summed E-state index contributed by atoms with van der Waals surface area (Å²) >= 11 is 8.66. The standard InChI is InChI=1S/C16H17ClIN6P/c1-9-5-14(22-24(9)25-18)21-16-15(10-3-4-10)12(6-13(17)20-16)11-7-19-23(2)8-11/h5-8,10,25H,3-4H2,1-2H3,(H,20,21,22). The summed E-state index contributed by atoms with van der Waals surface area (Å²) in [5.41, 5.74) is 4.50. The van der Waals surface area contributed by atoms with Gasteiger partial charge in [-0.1, -0.05) is 11.6 Å². The number of hydrogen-bond donors (Lipinski definition) is 1. The topological polar surface area (TPSA) is 60.6 Å². The van der Waals surface area contributed by atoms with Gasteiger partial charge in [0.1, 0.15) is 11.0 Å². The number of hydrogen-bond acceptors (Lipinski definition) is 4. The Bertz CT molecular complexity index is 933. The van der Waals surface area contributed by atoms with Crippen molar-refractivity contribution in [3.05, 3.63) is 40.9 Å². The van der Waals surface area contributed by atoms with Gasteiger partial charge in [0, 0.05) is 36.1 Å². The van der Waals surface area contributed by atoms with Crippen molar-refractivity contribution in [3.8, 4) is 11.1 Å². The van der Waals surface area contributed by atoms with Gasteiger partial charge in [0.05, 0.1) is 12.6 Å². The molecular weight excluding hydrogens is 470 g/mol.